The molecular weight excluding hydrogens is 308 g/mol. The summed E-state index contributed by atoms with van der Waals surface area (Å²) in [6.07, 6.45) is 4.09. The summed E-state index contributed by atoms with van der Waals surface area (Å²) in [6.45, 7) is 10.5. The van der Waals surface area contributed by atoms with Crippen LogP contribution in [0.1, 0.15) is 47.1 Å². The topological polar surface area (TPSA) is 76.7 Å². The molecule has 24 heavy (non-hydrogen) atoms. The molecule has 0 spiro atoms. The SMILES string of the molecule is C#Cc1ccc(NC(=O)OC(C)(C)C)c(NC(=O)OC(C)(C)C)c1. The number of ether oxygens (including phenoxy) is 2. The largest absolute Gasteiger partial charge is 0.444 e. The van der Waals surface area contributed by atoms with Gasteiger partial charge in [-0.15, -0.1) is 6.42 Å². The highest BCUT2D eigenvalue weighted by molar-refractivity contribution is 5.95. The summed E-state index contributed by atoms with van der Waals surface area (Å²) < 4.78 is 10.4. The van der Waals surface area contributed by atoms with E-state index in [1.807, 2.05) is 0 Å². The number of anilines is 2. The second-order valence-electron chi connectivity index (χ2n) is 7.16. The molecule has 0 unspecified atom stereocenters. The van der Waals surface area contributed by atoms with Gasteiger partial charge in [-0.3, -0.25) is 10.6 Å². The van der Waals surface area contributed by atoms with Crippen LogP contribution in [0.5, 0.6) is 0 Å². The van der Waals surface area contributed by atoms with Crippen LogP contribution in [0.3, 0.4) is 0 Å². The first-order chi connectivity index (χ1) is 10.9. The van der Waals surface area contributed by atoms with Gasteiger partial charge in [0.1, 0.15) is 11.2 Å². The van der Waals surface area contributed by atoms with Gasteiger partial charge >= 0.3 is 12.2 Å². The Kier molecular flexibility index (Phi) is 5.86. The zero-order chi connectivity index (χ0) is 18.5. The second kappa shape index (κ2) is 7.26. The average molecular weight is 332 g/mol. The molecule has 130 valence electrons. The van der Waals surface area contributed by atoms with Crippen molar-refractivity contribution in [3.8, 4) is 12.3 Å². The first-order valence-corrected chi connectivity index (χ1v) is 7.50. The lowest BCUT2D eigenvalue weighted by atomic mass is 10.1. The van der Waals surface area contributed by atoms with E-state index in [0.717, 1.165) is 0 Å². The summed E-state index contributed by atoms with van der Waals surface area (Å²) in [5, 5.41) is 5.17. The Labute approximate surface area is 142 Å². The molecule has 0 aromatic heterocycles. The van der Waals surface area contributed by atoms with Crippen LogP contribution in [0.2, 0.25) is 0 Å². The van der Waals surface area contributed by atoms with Crippen LogP contribution in [-0.4, -0.2) is 23.4 Å². The fourth-order valence-corrected chi connectivity index (χ4v) is 1.67. The first kappa shape index (κ1) is 19.4. The van der Waals surface area contributed by atoms with Gasteiger partial charge < -0.3 is 9.47 Å². The zero-order valence-corrected chi connectivity index (χ0v) is 14.9. The molecule has 0 atom stereocenters. The number of amides is 2. The molecule has 0 saturated carbocycles. The van der Waals surface area contributed by atoms with Gasteiger partial charge in [-0.1, -0.05) is 5.92 Å². The van der Waals surface area contributed by atoms with Gasteiger partial charge in [-0.25, -0.2) is 9.59 Å². The van der Waals surface area contributed by atoms with Crippen molar-refractivity contribution in [1.29, 1.82) is 0 Å². The van der Waals surface area contributed by atoms with Gasteiger partial charge in [0.2, 0.25) is 0 Å². The normalized spacial score (nSPS) is 11.2. The number of terminal acetylenes is 1. The minimum Gasteiger partial charge on any atom is -0.444 e. The molecule has 0 bridgehead atoms. The highest BCUT2D eigenvalue weighted by Crippen LogP contribution is 2.25. The van der Waals surface area contributed by atoms with Gasteiger partial charge in [-0.05, 0) is 59.7 Å². The number of rotatable bonds is 2. The Bertz CT molecular complexity index is 661. The molecular formula is C18H24N2O4. The van der Waals surface area contributed by atoms with Crippen molar-refractivity contribution in [1.82, 2.24) is 0 Å². The van der Waals surface area contributed by atoms with E-state index < -0.39 is 23.4 Å². The molecule has 6 heteroatoms. The predicted molar refractivity (Wildman–Crippen MR) is 94.1 cm³/mol. The summed E-state index contributed by atoms with van der Waals surface area (Å²) in [4.78, 5) is 23.9. The Hall–Kier alpha value is -2.68. The molecule has 0 fully saturated rings. The third kappa shape index (κ3) is 7.05. The van der Waals surface area contributed by atoms with E-state index in [2.05, 4.69) is 16.6 Å². The highest BCUT2D eigenvalue weighted by atomic mass is 16.6. The van der Waals surface area contributed by atoms with Gasteiger partial charge in [0.15, 0.2) is 0 Å². The molecule has 0 heterocycles. The van der Waals surface area contributed by atoms with Crippen LogP contribution in [0.15, 0.2) is 18.2 Å². The van der Waals surface area contributed by atoms with Crippen molar-refractivity contribution >= 4 is 23.6 Å². The van der Waals surface area contributed by atoms with Crippen molar-refractivity contribution in [3.63, 3.8) is 0 Å². The average Bonchev–Trinajstić information content (AvgIpc) is 2.36. The molecule has 2 amide bonds. The second-order valence-corrected chi connectivity index (χ2v) is 7.16. The Morgan fingerprint density at radius 1 is 0.917 bits per heavy atom. The van der Waals surface area contributed by atoms with E-state index in [1.54, 1.807) is 59.7 Å². The highest BCUT2D eigenvalue weighted by Gasteiger charge is 2.20. The fraction of sp³-hybridized carbons (Fsp3) is 0.444. The molecule has 0 aliphatic rings. The van der Waals surface area contributed by atoms with E-state index in [9.17, 15) is 9.59 Å². The zero-order valence-electron chi connectivity index (χ0n) is 14.9. The molecule has 1 rings (SSSR count). The van der Waals surface area contributed by atoms with E-state index in [0.29, 0.717) is 16.9 Å². The Morgan fingerprint density at radius 2 is 1.38 bits per heavy atom. The maximum Gasteiger partial charge on any atom is 0.412 e. The number of carbonyl (C=O) groups excluding carboxylic acids is 2. The quantitative estimate of drug-likeness (QED) is 0.789. The Balaban J connectivity index is 2.98. The maximum atomic E-state index is 12.0. The van der Waals surface area contributed by atoms with Crippen molar-refractivity contribution < 1.29 is 19.1 Å². The number of carbonyl (C=O) groups is 2. The number of nitrogens with one attached hydrogen (secondary N) is 2. The van der Waals surface area contributed by atoms with Crippen LogP contribution >= 0.6 is 0 Å². The minimum absolute atomic E-state index is 0.325. The predicted octanol–water partition coefficient (Wildman–Crippen LogP) is 4.36. The number of hydrogen-bond acceptors (Lipinski definition) is 4. The maximum absolute atomic E-state index is 12.0. The molecule has 2 N–H and O–H groups in total. The lowest BCUT2D eigenvalue weighted by Crippen LogP contribution is -2.29. The van der Waals surface area contributed by atoms with E-state index in [1.165, 1.54) is 0 Å². The van der Waals surface area contributed by atoms with Crippen molar-refractivity contribution in [2.75, 3.05) is 10.6 Å². The standard InChI is InChI=1S/C18H24N2O4/c1-8-12-9-10-13(19-15(21)23-17(2,3)4)14(11-12)20-16(22)24-18(5,6)7/h1,9-11H,2-7H3,(H,19,21)(H,20,22). The van der Waals surface area contributed by atoms with Gasteiger partial charge in [-0.2, -0.15) is 0 Å². The molecule has 1 aromatic carbocycles. The Morgan fingerprint density at radius 3 is 1.79 bits per heavy atom. The van der Waals surface area contributed by atoms with E-state index in [-0.39, 0.29) is 0 Å². The van der Waals surface area contributed by atoms with Crippen LogP contribution in [0.4, 0.5) is 21.0 Å². The molecule has 0 aliphatic heterocycles. The lowest BCUT2D eigenvalue weighted by Gasteiger charge is -2.22. The minimum atomic E-state index is -0.649. The summed E-state index contributed by atoms with van der Waals surface area (Å²) in [7, 11) is 0. The third-order valence-electron chi connectivity index (χ3n) is 2.46. The molecule has 0 saturated heterocycles. The number of benzene rings is 1. The van der Waals surface area contributed by atoms with Gasteiger partial charge in [0, 0.05) is 5.56 Å². The van der Waals surface area contributed by atoms with Crippen molar-refractivity contribution in [3.05, 3.63) is 23.8 Å². The summed E-state index contributed by atoms with van der Waals surface area (Å²) in [5.41, 5.74) is -0.0517. The van der Waals surface area contributed by atoms with Gasteiger partial charge in [0.25, 0.3) is 0 Å². The van der Waals surface area contributed by atoms with E-state index >= 15 is 0 Å². The monoisotopic (exact) mass is 332 g/mol. The van der Waals surface area contributed by atoms with Crippen molar-refractivity contribution in [2.24, 2.45) is 0 Å². The smallest absolute Gasteiger partial charge is 0.412 e. The van der Waals surface area contributed by atoms with Gasteiger partial charge in [0.05, 0.1) is 11.4 Å². The number of hydrogen-bond donors (Lipinski definition) is 2. The third-order valence-corrected chi connectivity index (χ3v) is 2.46. The van der Waals surface area contributed by atoms with E-state index in [4.69, 9.17) is 15.9 Å². The van der Waals surface area contributed by atoms with Crippen LogP contribution in [0.25, 0.3) is 0 Å². The molecule has 6 nitrogen and oxygen atoms in total. The summed E-state index contributed by atoms with van der Waals surface area (Å²) in [5.74, 6) is 2.47. The molecule has 0 aliphatic carbocycles. The summed E-state index contributed by atoms with van der Waals surface area (Å²) >= 11 is 0. The van der Waals surface area contributed by atoms with Crippen LogP contribution in [0, 0.1) is 12.3 Å². The molecule has 0 radical (unpaired) electrons. The lowest BCUT2D eigenvalue weighted by molar-refractivity contribution is 0.0621. The van der Waals surface area contributed by atoms with Crippen LogP contribution < -0.4 is 10.6 Å². The molecule has 1 aromatic rings. The first-order valence-electron chi connectivity index (χ1n) is 7.50. The van der Waals surface area contributed by atoms with Crippen molar-refractivity contribution in [2.45, 2.75) is 52.7 Å². The summed E-state index contributed by atoms with van der Waals surface area (Å²) in [6, 6.07) is 4.80. The fourth-order valence-electron chi connectivity index (χ4n) is 1.67. The van der Waals surface area contributed by atoms with Crippen LogP contribution in [-0.2, 0) is 9.47 Å².